The second-order valence-corrected chi connectivity index (χ2v) is 8.71. The fourth-order valence-electron chi connectivity index (χ4n) is 3.98. The summed E-state index contributed by atoms with van der Waals surface area (Å²) in [4.78, 5) is 37.4. The molecule has 1 fully saturated rings. The molecule has 34 heavy (non-hydrogen) atoms. The summed E-state index contributed by atoms with van der Waals surface area (Å²) in [6.45, 7) is 5.67. The van der Waals surface area contributed by atoms with E-state index in [1.807, 2.05) is 4.90 Å². The predicted molar refractivity (Wildman–Crippen MR) is 129 cm³/mol. The van der Waals surface area contributed by atoms with Crippen LogP contribution in [-0.4, -0.2) is 46.0 Å². The lowest BCUT2D eigenvalue weighted by molar-refractivity contribution is -0.384. The summed E-state index contributed by atoms with van der Waals surface area (Å²) >= 11 is 5.83. The Labute approximate surface area is 202 Å². The largest absolute Gasteiger partial charge is 0.484 e. The predicted octanol–water partition coefficient (Wildman–Crippen LogP) is 4.57. The average molecular weight is 487 g/mol. The van der Waals surface area contributed by atoms with Crippen molar-refractivity contribution in [3.05, 3.63) is 68.7 Å². The van der Waals surface area contributed by atoms with Gasteiger partial charge in [-0.05, 0) is 70.4 Å². The molecule has 0 aromatic heterocycles. The van der Waals surface area contributed by atoms with Gasteiger partial charge in [-0.3, -0.25) is 19.7 Å². The Balaban J connectivity index is 1.57. The summed E-state index contributed by atoms with van der Waals surface area (Å²) < 4.78 is 5.63. The topological polar surface area (TPSA) is 114 Å². The van der Waals surface area contributed by atoms with Crippen molar-refractivity contribution in [1.29, 1.82) is 0 Å². The fraction of sp³-hybridized carbons (Fsp3) is 0.375. The molecular formula is C24H27ClN4O5. The number of nitrogens with zero attached hydrogens (tertiary/aromatic N) is 3. The maximum absolute atomic E-state index is 12.6. The molecule has 1 aliphatic rings. The van der Waals surface area contributed by atoms with Gasteiger partial charge in [-0.15, -0.1) is 0 Å². The molecule has 1 aliphatic heterocycles. The van der Waals surface area contributed by atoms with E-state index in [1.165, 1.54) is 12.1 Å². The highest BCUT2D eigenvalue weighted by Crippen LogP contribution is 2.25. The van der Waals surface area contributed by atoms with E-state index in [9.17, 15) is 19.7 Å². The molecule has 9 nitrogen and oxygen atoms in total. The SMILES string of the molecule is C/C(=N\NC(=O)c1ccc(OCC(=O)N2C(C)CCCC2C)cc1)c1ccc(Cl)c([N+](=O)[O-])c1. The zero-order valence-corrected chi connectivity index (χ0v) is 20.0. The van der Waals surface area contributed by atoms with Gasteiger partial charge in [0.1, 0.15) is 10.8 Å². The normalized spacial score (nSPS) is 18.4. The number of hydrazone groups is 1. The Kier molecular flexibility index (Phi) is 8.22. The number of halogens is 1. The van der Waals surface area contributed by atoms with Crippen LogP contribution in [0.5, 0.6) is 5.75 Å². The van der Waals surface area contributed by atoms with Crippen molar-refractivity contribution in [1.82, 2.24) is 10.3 Å². The monoisotopic (exact) mass is 486 g/mol. The highest BCUT2D eigenvalue weighted by atomic mass is 35.5. The Hall–Kier alpha value is -3.46. The van der Waals surface area contributed by atoms with Gasteiger partial charge < -0.3 is 9.64 Å². The van der Waals surface area contributed by atoms with Crippen molar-refractivity contribution < 1.29 is 19.2 Å². The van der Waals surface area contributed by atoms with Gasteiger partial charge in [0, 0.05) is 29.3 Å². The van der Waals surface area contributed by atoms with Gasteiger partial charge in [0.15, 0.2) is 6.61 Å². The van der Waals surface area contributed by atoms with Crippen LogP contribution in [0, 0.1) is 10.1 Å². The number of likely N-dealkylation sites (tertiary alicyclic amines) is 1. The van der Waals surface area contributed by atoms with Gasteiger partial charge in [-0.1, -0.05) is 17.7 Å². The Morgan fingerprint density at radius 2 is 1.76 bits per heavy atom. The number of hydrogen-bond acceptors (Lipinski definition) is 6. The van der Waals surface area contributed by atoms with Crippen LogP contribution in [0.15, 0.2) is 47.6 Å². The molecule has 0 saturated carbocycles. The highest BCUT2D eigenvalue weighted by Gasteiger charge is 2.29. The van der Waals surface area contributed by atoms with Gasteiger partial charge in [0.05, 0.1) is 10.6 Å². The van der Waals surface area contributed by atoms with Crippen molar-refractivity contribution in [3.63, 3.8) is 0 Å². The number of benzene rings is 2. The first-order valence-electron chi connectivity index (χ1n) is 11.0. The molecule has 180 valence electrons. The number of nitrogens with one attached hydrogen (secondary N) is 1. The second kappa shape index (κ2) is 11.1. The van der Waals surface area contributed by atoms with Crippen LogP contribution < -0.4 is 10.2 Å². The van der Waals surface area contributed by atoms with Gasteiger partial charge in [-0.25, -0.2) is 5.43 Å². The third-order valence-corrected chi connectivity index (χ3v) is 6.17. The maximum Gasteiger partial charge on any atom is 0.288 e. The van der Waals surface area contributed by atoms with Crippen molar-refractivity contribution in [2.24, 2.45) is 5.10 Å². The number of ether oxygens (including phenoxy) is 1. The van der Waals surface area contributed by atoms with Crippen LogP contribution in [0.4, 0.5) is 5.69 Å². The van der Waals surface area contributed by atoms with E-state index >= 15 is 0 Å². The zero-order chi connectivity index (χ0) is 24.8. The van der Waals surface area contributed by atoms with Gasteiger partial charge in [0.2, 0.25) is 0 Å². The van der Waals surface area contributed by atoms with Crippen LogP contribution in [0.2, 0.25) is 5.02 Å². The fourth-order valence-corrected chi connectivity index (χ4v) is 4.16. The molecular weight excluding hydrogens is 460 g/mol. The number of piperidine rings is 1. The van der Waals surface area contributed by atoms with Crippen molar-refractivity contribution in [2.45, 2.75) is 52.1 Å². The summed E-state index contributed by atoms with van der Waals surface area (Å²) in [5.41, 5.74) is 3.38. The van der Waals surface area contributed by atoms with E-state index < -0.39 is 10.8 Å². The minimum absolute atomic E-state index is 0.0227. The van der Waals surface area contributed by atoms with Crippen molar-refractivity contribution in [3.8, 4) is 5.75 Å². The molecule has 1 N–H and O–H groups in total. The van der Waals surface area contributed by atoms with E-state index in [4.69, 9.17) is 16.3 Å². The standard InChI is InChI=1S/C24H27ClN4O5/c1-15-5-4-6-16(2)28(15)23(30)14-34-20-10-7-18(8-11-20)24(31)27-26-17(3)19-9-12-21(25)22(13-19)29(32)33/h7-13,15-16H,4-6,14H2,1-3H3,(H,27,31)/b26-17+. The van der Waals surface area contributed by atoms with E-state index in [1.54, 1.807) is 37.3 Å². The molecule has 1 saturated heterocycles. The van der Waals surface area contributed by atoms with E-state index in [0.717, 1.165) is 19.3 Å². The van der Waals surface area contributed by atoms with Crippen LogP contribution >= 0.6 is 11.6 Å². The maximum atomic E-state index is 12.6. The van der Waals surface area contributed by atoms with Crippen LogP contribution in [0.25, 0.3) is 0 Å². The molecule has 2 atom stereocenters. The molecule has 0 radical (unpaired) electrons. The van der Waals surface area contributed by atoms with E-state index in [2.05, 4.69) is 24.4 Å². The van der Waals surface area contributed by atoms with Crippen LogP contribution in [-0.2, 0) is 4.79 Å². The second-order valence-electron chi connectivity index (χ2n) is 8.30. The quantitative estimate of drug-likeness (QED) is 0.349. The minimum Gasteiger partial charge on any atom is -0.484 e. The first-order chi connectivity index (χ1) is 16.2. The molecule has 0 bridgehead atoms. The molecule has 0 spiro atoms. The van der Waals surface area contributed by atoms with E-state index in [0.29, 0.717) is 22.6 Å². The third kappa shape index (κ3) is 6.11. The van der Waals surface area contributed by atoms with Gasteiger partial charge >= 0.3 is 0 Å². The Morgan fingerprint density at radius 3 is 2.38 bits per heavy atom. The molecule has 1 heterocycles. The van der Waals surface area contributed by atoms with E-state index in [-0.39, 0.29) is 35.3 Å². The van der Waals surface area contributed by atoms with Crippen molar-refractivity contribution in [2.75, 3.05) is 6.61 Å². The van der Waals surface area contributed by atoms with Crippen LogP contribution in [0.3, 0.4) is 0 Å². The first-order valence-corrected chi connectivity index (χ1v) is 11.4. The van der Waals surface area contributed by atoms with Crippen LogP contribution in [0.1, 0.15) is 56.0 Å². The average Bonchev–Trinajstić information content (AvgIpc) is 2.81. The first kappa shape index (κ1) is 25.2. The minimum atomic E-state index is -0.581. The molecule has 2 aromatic carbocycles. The molecule has 0 aliphatic carbocycles. The van der Waals surface area contributed by atoms with Gasteiger partial charge in [0.25, 0.3) is 17.5 Å². The molecule has 3 rings (SSSR count). The molecule has 10 heteroatoms. The summed E-state index contributed by atoms with van der Waals surface area (Å²) in [7, 11) is 0. The zero-order valence-electron chi connectivity index (χ0n) is 19.3. The number of nitro benzene ring substituents is 1. The van der Waals surface area contributed by atoms with Gasteiger partial charge in [-0.2, -0.15) is 5.10 Å². The summed E-state index contributed by atoms with van der Waals surface area (Å²) in [6, 6.07) is 11.1. The lowest BCUT2D eigenvalue weighted by Gasteiger charge is -2.38. The number of hydrogen-bond donors (Lipinski definition) is 1. The number of amides is 2. The molecule has 2 aromatic rings. The number of nitro groups is 1. The van der Waals surface area contributed by atoms with Crippen molar-refractivity contribution >= 4 is 34.8 Å². The highest BCUT2D eigenvalue weighted by molar-refractivity contribution is 6.32. The smallest absolute Gasteiger partial charge is 0.288 e. The third-order valence-electron chi connectivity index (χ3n) is 5.85. The lowest BCUT2D eigenvalue weighted by Crippen LogP contribution is -2.49. The number of carbonyl (C=O) groups is 2. The summed E-state index contributed by atoms with van der Waals surface area (Å²) in [6.07, 6.45) is 3.12. The molecule has 2 amide bonds. The lowest BCUT2D eigenvalue weighted by atomic mass is 9.97. The molecule has 2 unspecified atom stereocenters. The number of rotatable bonds is 7. The summed E-state index contributed by atoms with van der Waals surface area (Å²) in [5.74, 6) is -0.0226. The summed E-state index contributed by atoms with van der Waals surface area (Å²) in [5, 5.41) is 15.1. The number of carbonyl (C=O) groups excluding carboxylic acids is 2. The Bertz CT molecular complexity index is 1090. The Morgan fingerprint density at radius 1 is 1.15 bits per heavy atom.